The molecule has 1 aliphatic heterocycles. The molecule has 0 saturated heterocycles. The lowest BCUT2D eigenvalue weighted by Crippen LogP contribution is -2.44. The number of ether oxygens (including phenoxy) is 1. The molecule has 0 radical (unpaired) electrons. The summed E-state index contributed by atoms with van der Waals surface area (Å²) in [4.78, 5) is 17.8. The Balaban J connectivity index is 1.52. The molecule has 7 heteroatoms. The van der Waals surface area contributed by atoms with Gasteiger partial charge in [0.2, 0.25) is 5.91 Å². The van der Waals surface area contributed by atoms with Crippen LogP contribution >= 0.6 is 0 Å². The number of methoxy groups -OCH3 is 1. The molecule has 4 rings (SSSR count). The minimum absolute atomic E-state index is 0.104. The van der Waals surface area contributed by atoms with E-state index in [4.69, 9.17) is 4.74 Å². The van der Waals surface area contributed by atoms with Crippen molar-refractivity contribution in [3.63, 3.8) is 0 Å². The van der Waals surface area contributed by atoms with E-state index in [1.807, 2.05) is 59.3 Å². The van der Waals surface area contributed by atoms with Crippen LogP contribution in [0.25, 0.3) is 0 Å². The quantitative estimate of drug-likeness (QED) is 0.631. The third-order valence-corrected chi connectivity index (χ3v) is 5.35. The number of rotatable bonds is 7. The molecule has 1 aliphatic rings. The van der Waals surface area contributed by atoms with Crippen LogP contribution in [0.5, 0.6) is 5.75 Å². The first-order valence-corrected chi connectivity index (χ1v) is 10.3. The Morgan fingerprint density at radius 1 is 1.23 bits per heavy atom. The predicted molar refractivity (Wildman–Crippen MR) is 115 cm³/mol. The highest BCUT2D eigenvalue weighted by Gasteiger charge is 2.28. The van der Waals surface area contributed by atoms with Crippen LogP contribution in [-0.4, -0.2) is 33.8 Å². The Bertz CT molecular complexity index is 1000. The summed E-state index contributed by atoms with van der Waals surface area (Å²) in [7, 11) is 1.61. The molecule has 0 spiro atoms. The molecule has 2 N–H and O–H groups in total. The molecule has 0 fully saturated rings. The maximum absolute atomic E-state index is 13.2. The van der Waals surface area contributed by atoms with Crippen molar-refractivity contribution in [2.45, 2.75) is 44.8 Å². The topological polar surface area (TPSA) is 81.1 Å². The minimum Gasteiger partial charge on any atom is -0.497 e. The van der Waals surface area contributed by atoms with E-state index >= 15 is 0 Å². The average Bonchev–Trinajstić information content (AvgIpc) is 3.20. The average molecular weight is 406 g/mol. The zero-order chi connectivity index (χ0) is 20.9. The first-order chi connectivity index (χ1) is 14.7. The number of carbonyl (C=O) groups is 1. The van der Waals surface area contributed by atoms with Gasteiger partial charge >= 0.3 is 0 Å². The fraction of sp³-hybridized carbons (Fsp3) is 0.348. The van der Waals surface area contributed by atoms with E-state index in [0.717, 1.165) is 36.5 Å². The van der Waals surface area contributed by atoms with Crippen molar-refractivity contribution in [3.05, 3.63) is 71.8 Å². The van der Waals surface area contributed by atoms with Crippen molar-refractivity contribution < 1.29 is 9.53 Å². The number of aromatic nitrogens is 3. The molecule has 1 aromatic heterocycles. The van der Waals surface area contributed by atoms with E-state index in [2.05, 4.69) is 27.6 Å². The summed E-state index contributed by atoms with van der Waals surface area (Å²) in [5.74, 6) is 2.51. The smallest absolute Gasteiger partial charge is 0.246 e. The first kappa shape index (κ1) is 20.1. The van der Waals surface area contributed by atoms with Crippen LogP contribution in [0, 0.1) is 0 Å². The monoisotopic (exact) mass is 405 g/mol. The normalized spacial score (nSPS) is 16.5. The lowest BCUT2D eigenvalue weighted by Gasteiger charge is -2.28. The number of fused-ring (bicyclic) bond motifs is 1. The van der Waals surface area contributed by atoms with E-state index in [-0.39, 0.29) is 11.9 Å². The number of anilines is 1. The Morgan fingerprint density at radius 2 is 2.07 bits per heavy atom. The maximum Gasteiger partial charge on any atom is 0.246 e. The van der Waals surface area contributed by atoms with Crippen LogP contribution in [0.1, 0.15) is 36.6 Å². The van der Waals surface area contributed by atoms with Gasteiger partial charge in [-0.25, -0.2) is 9.67 Å². The molecule has 156 valence electrons. The Labute approximate surface area is 176 Å². The third-order valence-electron chi connectivity index (χ3n) is 5.35. The number of amides is 1. The second-order valence-corrected chi connectivity index (χ2v) is 7.45. The van der Waals surface area contributed by atoms with Crippen molar-refractivity contribution in [2.75, 3.05) is 12.4 Å². The fourth-order valence-corrected chi connectivity index (χ4v) is 3.77. The maximum atomic E-state index is 13.2. The number of benzene rings is 2. The van der Waals surface area contributed by atoms with Crippen molar-refractivity contribution in [2.24, 2.45) is 0 Å². The number of carbonyl (C=O) groups excluding carboxylic acids is 1. The Hall–Kier alpha value is -3.19. The second kappa shape index (κ2) is 9.09. The summed E-state index contributed by atoms with van der Waals surface area (Å²) in [6.45, 7) is 2.77. The molecule has 2 atom stereocenters. The van der Waals surface area contributed by atoms with Gasteiger partial charge in [-0.15, -0.1) is 0 Å². The van der Waals surface area contributed by atoms with Gasteiger partial charge in [-0.3, -0.25) is 10.1 Å². The van der Waals surface area contributed by atoms with Gasteiger partial charge in [0.15, 0.2) is 5.82 Å². The Kier molecular flexibility index (Phi) is 6.09. The number of hydrogen-bond acceptors (Lipinski definition) is 5. The van der Waals surface area contributed by atoms with Crippen molar-refractivity contribution in [1.29, 1.82) is 0 Å². The minimum atomic E-state index is -0.474. The van der Waals surface area contributed by atoms with Crippen LogP contribution in [0.4, 0.5) is 5.69 Å². The van der Waals surface area contributed by atoms with Gasteiger partial charge < -0.3 is 10.1 Å². The van der Waals surface area contributed by atoms with Crippen LogP contribution < -0.4 is 15.4 Å². The lowest BCUT2D eigenvalue weighted by atomic mass is 10.0. The molecule has 2 heterocycles. The van der Waals surface area contributed by atoms with E-state index in [1.165, 1.54) is 0 Å². The molecule has 1 amide bonds. The van der Waals surface area contributed by atoms with Gasteiger partial charge in [0, 0.05) is 30.6 Å². The highest BCUT2D eigenvalue weighted by atomic mass is 16.5. The largest absolute Gasteiger partial charge is 0.497 e. The molecule has 0 aliphatic carbocycles. The van der Waals surface area contributed by atoms with E-state index < -0.39 is 6.04 Å². The third kappa shape index (κ3) is 4.52. The first-order valence-electron chi connectivity index (χ1n) is 10.3. The molecule has 3 aromatic rings. The van der Waals surface area contributed by atoms with Crippen LogP contribution in [0.3, 0.4) is 0 Å². The van der Waals surface area contributed by atoms with Gasteiger partial charge in [-0.05, 0) is 24.1 Å². The SMILES string of the molecule is CCc1nc2n(n1)CC(NC(C(=O)Nc1cccc(OC)c1)c1ccccc1)CC2. The fourth-order valence-electron chi connectivity index (χ4n) is 3.77. The predicted octanol–water partition coefficient (Wildman–Crippen LogP) is 3.13. The summed E-state index contributed by atoms with van der Waals surface area (Å²) in [6, 6.07) is 16.8. The molecular formula is C23H27N5O2. The van der Waals surface area contributed by atoms with Crippen LogP contribution in [-0.2, 0) is 24.2 Å². The number of hydrogen-bond donors (Lipinski definition) is 2. The summed E-state index contributed by atoms with van der Waals surface area (Å²) < 4.78 is 7.24. The molecular weight excluding hydrogens is 378 g/mol. The van der Waals surface area contributed by atoms with E-state index in [1.54, 1.807) is 7.11 Å². The number of aryl methyl sites for hydroxylation is 2. The van der Waals surface area contributed by atoms with Gasteiger partial charge in [0.1, 0.15) is 17.6 Å². The molecule has 2 unspecified atom stereocenters. The second-order valence-electron chi connectivity index (χ2n) is 7.45. The molecule has 2 aromatic carbocycles. The summed E-state index contributed by atoms with van der Waals surface area (Å²) in [5, 5.41) is 11.2. The molecule has 0 saturated carbocycles. The van der Waals surface area contributed by atoms with Gasteiger partial charge in [-0.1, -0.05) is 43.3 Å². The van der Waals surface area contributed by atoms with Crippen LogP contribution in [0.2, 0.25) is 0 Å². The molecule has 30 heavy (non-hydrogen) atoms. The Morgan fingerprint density at radius 3 is 2.83 bits per heavy atom. The number of nitrogens with zero attached hydrogens (tertiary/aromatic N) is 3. The number of nitrogens with one attached hydrogen (secondary N) is 2. The van der Waals surface area contributed by atoms with Crippen molar-refractivity contribution in [3.8, 4) is 5.75 Å². The van der Waals surface area contributed by atoms with Crippen molar-refractivity contribution in [1.82, 2.24) is 20.1 Å². The van der Waals surface area contributed by atoms with Crippen molar-refractivity contribution >= 4 is 11.6 Å². The van der Waals surface area contributed by atoms with Crippen LogP contribution in [0.15, 0.2) is 54.6 Å². The zero-order valence-electron chi connectivity index (χ0n) is 17.3. The van der Waals surface area contributed by atoms with Gasteiger partial charge in [0.25, 0.3) is 0 Å². The standard InChI is InChI=1S/C23H27N5O2/c1-3-20-26-21-13-12-18(15-28(21)27-20)24-22(16-8-5-4-6-9-16)23(29)25-17-10-7-11-19(14-17)30-2/h4-11,14,18,22,24H,3,12-13,15H2,1-2H3,(H,25,29). The van der Waals surface area contributed by atoms with E-state index in [0.29, 0.717) is 18.0 Å². The molecule has 0 bridgehead atoms. The van der Waals surface area contributed by atoms with Gasteiger partial charge in [0.05, 0.1) is 13.7 Å². The van der Waals surface area contributed by atoms with Gasteiger partial charge in [-0.2, -0.15) is 5.10 Å². The summed E-state index contributed by atoms with van der Waals surface area (Å²) in [5.41, 5.74) is 1.63. The highest BCUT2D eigenvalue weighted by Crippen LogP contribution is 2.22. The van der Waals surface area contributed by atoms with E-state index in [9.17, 15) is 4.79 Å². The summed E-state index contributed by atoms with van der Waals surface area (Å²) >= 11 is 0. The zero-order valence-corrected chi connectivity index (χ0v) is 17.3. The highest BCUT2D eigenvalue weighted by molar-refractivity contribution is 5.95. The lowest BCUT2D eigenvalue weighted by molar-refractivity contribution is -0.118. The molecule has 7 nitrogen and oxygen atoms in total. The summed E-state index contributed by atoms with van der Waals surface area (Å²) in [6.07, 6.45) is 2.59.